The highest BCUT2D eigenvalue weighted by Gasteiger charge is 2.25. The first kappa shape index (κ1) is 15.9. The fraction of sp³-hybridized carbons (Fsp3) is 1.00. The second kappa shape index (κ2) is 6.84. The summed E-state index contributed by atoms with van der Waals surface area (Å²) in [5.41, 5.74) is 0. The van der Waals surface area contributed by atoms with Crippen LogP contribution in [0.15, 0.2) is 0 Å². The molecule has 1 fully saturated rings. The molecular formula is C12H26N2O3S. The molecule has 18 heavy (non-hydrogen) atoms. The molecule has 2 unspecified atom stereocenters. The first-order valence-corrected chi connectivity index (χ1v) is 8.49. The van der Waals surface area contributed by atoms with E-state index in [9.17, 15) is 13.5 Å². The molecule has 1 aliphatic heterocycles. The molecule has 1 rings (SSSR count). The number of aliphatic hydroxyl groups is 1. The maximum absolute atomic E-state index is 11.5. The topological polar surface area (TPSA) is 69.6 Å². The van der Waals surface area contributed by atoms with E-state index in [4.69, 9.17) is 0 Å². The molecule has 1 heterocycles. The molecule has 108 valence electrons. The van der Waals surface area contributed by atoms with Crippen LogP contribution in [0, 0.1) is 11.8 Å². The van der Waals surface area contributed by atoms with Crippen molar-refractivity contribution in [3.05, 3.63) is 0 Å². The van der Waals surface area contributed by atoms with Gasteiger partial charge in [-0.1, -0.05) is 13.8 Å². The molecule has 0 amide bonds. The van der Waals surface area contributed by atoms with Gasteiger partial charge in [-0.05, 0) is 31.2 Å². The molecule has 0 spiro atoms. The van der Waals surface area contributed by atoms with Gasteiger partial charge >= 0.3 is 0 Å². The zero-order chi connectivity index (χ0) is 13.8. The number of aliphatic hydroxyl groups excluding tert-OH is 1. The lowest BCUT2D eigenvalue weighted by molar-refractivity contribution is 0.120. The van der Waals surface area contributed by atoms with Crippen LogP contribution < -0.4 is 5.32 Å². The minimum atomic E-state index is -3.06. The number of nitrogens with zero attached hydrogens (tertiary/aromatic N) is 1. The summed E-state index contributed by atoms with van der Waals surface area (Å²) >= 11 is 0. The molecule has 6 heteroatoms. The maximum atomic E-state index is 11.5. The Morgan fingerprint density at radius 3 is 2.67 bits per heavy atom. The third-order valence-electron chi connectivity index (χ3n) is 3.51. The van der Waals surface area contributed by atoms with E-state index in [1.54, 1.807) is 4.31 Å². The van der Waals surface area contributed by atoms with Gasteiger partial charge in [0.05, 0.1) is 12.4 Å². The molecule has 0 aromatic rings. The maximum Gasteiger partial charge on any atom is 0.211 e. The fourth-order valence-corrected chi connectivity index (χ4v) is 3.11. The number of piperidine rings is 1. The summed E-state index contributed by atoms with van der Waals surface area (Å²) in [6, 6.07) is 0. The molecule has 0 aromatic heterocycles. The highest BCUT2D eigenvalue weighted by atomic mass is 32.2. The van der Waals surface area contributed by atoms with Gasteiger partial charge in [0.25, 0.3) is 0 Å². The third kappa shape index (κ3) is 5.22. The highest BCUT2D eigenvalue weighted by Crippen LogP contribution is 2.17. The molecule has 2 N–H and O–H groups in total. The van der Waals surface area contributed by atoms with E-state index < -0.39 is 10.0 Å². The van der Waals surface area contributed by atoms with Crippen LogP contribution in [-0.4, -0.2) is 56.4 Å². The van der Waals surface area contributed by atoms with Gasteiger partial charge in [0.15, 0.2) is 0 Å². The number of sulfonamides is 1. The molecule has 0 aliphatic carbocycles. The number of hydrogen-bond acceptors (Lipinski definition) is 4. The Balaban J connectivity index is 2.31. The molecule has 1 aliphatic rings. The van der Waals surface area contributed by atoms with Crippen LogP contribution in [0.2, 0.25) is 0 Å². The van der Waals surface area contributed by atoms with E-state index in [1.165, 1.54) is 6.26 Å². The minimum absolute atomic E-state index is 0.247. The van der Waals surface area contributed by atoms with Crippen molar-refractivity contribution >= 4 is 10.0 Å². The van der Waals surface area contributed by atoms with E-state index in [2.05, 4.69) is 5.32 Å². The minimum Gasteiger partial charge on any atom is -0.392 e. The molecular weight excluding hydrogens is 252 g/mol. The van der Waals surface area contributed by atoms with E-state index in [0.717, 1.165) is 19.4 Å². The summed E-state index contributed by atoms with van der Waals surface area (Å²) in [6.07, 6.45) is 2.91. The first-order chi connectivity index (χ1) is 8.30. The molecule has 0 aromatic carbocycles. The standard InChI is InChI=1S/C12H26N2O3S/c1-10(2)12(15)8-13-7-11-5-4-6-14(9-11)18(3,16)17/h10-13,15H,4-9H2,1-3H3. The van der Waals surface area contributed by atoms with E-state index in [-0.39, 0.29) is 12.0 Å². The molecule has 0 bridgehead atoms. The van der Waals surface area contributed by atoms with Gasteiger partial charge in [-0.2, -0.15) is 0 Å². The Bertz CT molecular complexity index is 343. The second-order valence-corrected chi connectivity index (χ2v) is 7.58. The van der Waals surface area contributed by atoms with Crippen LogP contribution in [0.4, 0.5) is 0 Å². The average molecular weight is 278 g/mol. The number of rotatable bonds is 6. The summed E-state index contributed by atoms with van der Waals surface area (Å²) in [6.45, 7) is 6.56. The van der Waals surface area contributed by atoms with Crippen molar-refractivity contribution in [1.82, 2.24) is 9.62 Å². The van der Waals surface area contributed by atoms with Crippen molar-refractivity contribution in [2.24, 2.45) is 11.8 Å². The van der Waals surface area contributed by atoms with Crippen LogP contribution >= 0.6 is 0 Å². The summed E-state index contributed by atoms with van der Waals surface area (Å²) in [7, 11) is -3.06. The summed E-state index contributed by atoms with van der Waals surface area (Å²) in [5.74, 6) is 0.601. The molecule has 5 nitrogen and oxygen atoms in total. The van der Waals surface area contributed by atoms with Crippen LogP contribution in [0.25, 0.3) is 0 Å². The second-order valence-electron chi connectivity index (χ2n) is 5.60. The summed E-state index contributed by atoms with van der Waals surface area (Å²) in [4.78, 5) is 0. The van der Waals surface area contributed by atoms with Gasteiger partial charge in [-0.25, -0.2) is 12.7 Å². The van der Waals surface area contributed by atoms with Crippen LogP contribution in [-0.2, 0) is 10.0 Å². The van der Waals surface area contributed by atoms with E-state index >= 15 is 0 Å². The van der Waals surface area contributed by atoms with Gasteiger partial charge in [-0.15, -0.1) is 0 Å². The Hall–Kier alpha value is -0.170. The molecule has 0 saturated carbocycles. The monoisotopic (exact) mass is 278 g/mol. The van der Waals surface area contributed by atoms with Gasteiger partial charge in [-0.3, -0.25) is 0 Å². The van der Waals surface area contributed by atoms with Gasteiger partial charge in [0, 0.05) is 19.6 Å². The quantitative estimate of drug-likeness (QED) is 0.731. The Morgan fingerprint density at radius 2 is 2.11 bits per heavy atom. The first-order valence-electron chi connectivity index (χ1n) is 6.64. The molecule has 1 saturated heterocycles. The zero-order valence-electron chi connectivity index (χ0n) is 11.6. The van der Waals surface area contributed by atoms with Gasteiger partial charge in [0.2, 0.25) is 10.0 Å². The number of nitrogens with one attached hydrogen (secondary N) is 1. The Morgan fingerprint density at radius 1 is 1.44 bits per heavy atom. The average Bonchev–Trinajstić information content (AvgIpc) is 2.28. The predicted molar refractivity (Wildman–Crippen MR) is 72.9 cm³/mol. The van der Waals surface area contributed by atoms with Crippen molar-refractivity contribution in [2.45, 2.75) is 32.8 Å². The van der Waals surface area contributed by atoms with Crippen LogP contribution in [0.5, 0.6) is 0 Å². The highest BCUT2D eigenvalue weighted by molar-refractivity contribution is 7.88. The van der Waals surface area contributed by atoms with Gasteiger partial charge < -0.3 is 10.4 Å². The van der Waals surface area contributed by atoms with Crippen molar-refractivity contribution in [3.63, 3.8) is 0 Å². The lowest BCUT2D eigenvalue weighted by Gasteiger charge is -2.31. The molecule has 0 radical (unpaired) electrons. The van der Waals surface area contributed by atoms with Gasteiger partial charge in [0.1, 0.15) is 0 Å². The van der Waals surface area contributed by atoms with E-state index in [1.807, 2.05) is 13.8 Å². The zero-order valence-corrected chi connectivity index (χ0v) is 12.4. The van der Waals surface area contributed by atoms with Crippen molar-refractivity contribution < 1.29 is 13.5 Å². The number of hydrogen-bond donors (Lipinski definition) is 2. The van der Waals surface area contributed by atoms with Crippen molar-refractivity contribution in [3.8, 4) is 0 Å². The van der Waals surface area contributed by atoms with Crippen molar-refractivity contribution in [2.75, 3.05) is 32.4 Å². The smallest absolute Gasteiger partial charge is 0.211 e. The lowest BCUT2D eigenvalue weighted by atomic mass is 9.99. The van der Waals surface area contributed by atoms with E-state index in [0.29, 0.717) is 25.6 Å². The predicted octanol–water partition coefficient (Wildman–Crippen LogP) is 0.265. The largest absolute Gasteiger partial charge is 0.392 e. The van der Waals surface area contributed by atoms with Crippen molar-refractivity contribution in [1.29, 1.82) is 0 Å². The normalized spacial score (nSPS) is 24.4. The fourth-order valence-electron chi connectivity index (χ4n) is 2.17. The van der Waals surface area contributed by atoms with Crippen LogP contribution in [0.3, 0.4) is 0 Å². The lowest BCUT2D eigenvalue weighted by Crippen LogP contribution is -2.43. The summed E-state index contributed by atoms with van der Waals surface area (Å²) in [5, 5.41) is 12.9. The van der Waals surface area contributed by atoms with Crippen LogP contribution in [0.1, 0.15) is 26.7 Å². The Kier molecular flexibility index (Phi) is 6.04. The Labute approximate surface area is 111 Å². The SMILES string of the molecule is CC(C)C(O)CNCC1CCCN(S(C)(=O)=O)C1. The summed E-state index contributed by atoms with van der Waals surface area (Å²) < 4.78 is 24.5. The molecule has 2 atom stereocenters. The third-order valence-corrected chi connectivity index (χ3v) is 4.78.